The molecule has 1 rings (SSSR count). The minimum absolute atomic E-state index is 0.551. The quantitative estimate of drug-likeness (QED) is 0.717. The minimum Gasteiger partial charge on any atom is -0.351 e. The number of benzene rings is 1. The van der Waals surface area contributed by atoms with Gasteiger partial charge in [0.25, 0.3) is 0 Å². The molecule has 70 valence electrons. The molecular formula is C9H11ClN2O. The molecule has 0 radical (unpaired) electrons. The minimum atomic E-state index is -0.551. The standard InChI is InChI=1S/C9H11ClN2O/c10-6-5-7-1-3-8(4-2-7)12-9(11)13/h1-4H,5-6H2,(H3,11,12,13). The van der Waals surface area contributed by atoms with Crippen molar-refractivity contribution in [1.29, 1.82) is 0 Å². The molecule has 13 heavy (non-hydrogen) atoms. The summed E-state index contributed by atoms with van der Waals surface area (Å²) in [7, 11) is 0. The van der Waals surface area contributed by atoms with E-state index >= 15 is 0 Å². The van der Waals surface area contributed by atoms with Gasteiger partial charge < -0.3 is 11.1 Å². The highest BCUT2D eigenvalue weighted by atomic mass is 35.5. The lowest BCUT2D eigenvalue weighted by Crippen LogP contribution is -2.19. The molecule has 0 aliphatic carbocycles. The molecule has 3 N–H and O–H groups in total. The maximum Gasteiger partial charge on any atom is 0.316 e. The van der Waals surface area contributed by atoms with Crippen molar-refractivity contribution in [2.24, 2.45) is 5.73 Å². The van der Waals surface area contributed by atoms with Crippen molar-refractivity contribution in [3.63, 3.8) is 0 Å². The number of primary amides is 1. The summed E-state index contributed by atoms with van der Waals surface area (Å²) in [5.41, 5.74) is 6.79. The second-order valence-electron chi connectivity index (χ2n) is 2.63. The van der Waals surface area contributed by atoms with Crippen molar-refractivity contribution in [3.8, 4) is 0 Å². The van der Waals surface area contributed by atoms with E-state index in [0.29, 0.717) is 11.6 Å². The van der Waals surface area contributed by atoms with E-state index in [0.717, 1.165) is 12.0 Å². The van der Waals surface area contributed by atoms with E-state index in [1.165, 1.54) is 0 Å². The molecule has 0 saturated carbocycles. The smallest absolute Gasteiger partial charge is 0.316 e. The fraction of sp³-hybridized carbons (Fsp3) is 0.222. The van der Waals surface area contributed by atoms with E-state index in [2.05, 4.69) is 5.32 Å². The number of hydrogen-bond acceptors (Lipinski definition) is 1. The molecule has 0 unspecified atom stereocenters. The largest absolute Gasteiger partial charge is 0.351 e. The normalized spacial score (nSPS) is 9.62. The number of aryl methyl sites for hydroxylation is 1. The maximum atomic E-state index is 10.5. The zero-order valence-corrected chi connectivity index (χ0v) is 7.84. The fourth-order valence-electron chi connectivity index (χ4n) is 1.01. The fourth-order valence-corrected chi connectivity index (χ4v) is 1.22. The van der Waals surface area contributed by atoms with Crippen LogP contribution in [0.4, 0.5) is 10.5 Å². The van der Waals surface area contributed by atoms with Gasteiger partial charge in [-0.3, -0.25) is 0 Å². The van der Waals surface area contributed by atoms with E-state index < -0.39 is 6.03 Å². The van der Waals surface area contributed by atoms with Gasteiger partial charge in [0.15, 0.2) is 0 Å². The Hall–Kier alpha value is -1.22. The summed E-state index contributed by atoms with van der Waals surface area (Å²) >= 11 is 5.57. The van der Waals surface area contributed by atoms with Crippen molar-refractivity contribution in [3.05, 3.63) is 29.8 Å². The van der Waals surface area contributed by atoms with Crippen LogP contribution in [0.3, 0.4) is 0 Å². The average Bonchev–Trinajstić information content (AvgIpc) is 2.08. The molecule has 0 aliphatic rings. The van der Waals surface area contributed by atoms with Crippen LogP contribution in [-0.4, -0.2) is 11.9 Å². The van der Waals surface area contributed by atoms with Crippen LogP contribution in [0.5, 0.6) is 0 Å². The Bertz CT molecular complexity index is 284. The molecule has 0 spiro atoms. The first-order valence-corrected chi connectivity index (χ1v) is 4.47. The second kappa shape index (κ2) is 4.72. The molecule has 3 nitrogen and oxygen atoms in total. The topological polar surface area (TPSA) is 55.1 Å². The van der Waals surface area contributed by atoms with E-state index in [1.807, 2.05) is 12.1 Å². The Morgan fingerprint density at radius 3 is 2.46 bits per heavy atom. The number of nitrogens with one attached hydrogen (secondary N) is 1. The number of hydrogen-bond donors (Lipinski definition) is 2. The molecule has 1 aromatic rings. The van der Waals surface area contributed by atoms with Crippen LogP contribution in [0, 0.1) is 0 Å². The number of carbonyl (C=O) groups excluding carboxylic acids is 1. The van der Waals surface area contributed by atoms with Crippen LogP contribution >= 0.6 is 11.6 Å². The van der Waals surface area contributed by atoms with Crippen LogP contribution in [0.15, 0.2) is 24.3 Å². The molecule has 0 atom stereocenters. The van der Waals surface area contributed by atoms with Crippen molar-refractivity contribution >= 4 is 23.3 Å². The summed E-state index contributed by atoms with van der Waals surface area (Å²) in [4.78, 5) is 10.5. The number of carbonyl (C=O) groups is 1. The van der Waals surface area contributed by atoms with Crippen LogP contribution in [0.1, 0.15) is 5.56 Å². The predicted octanol–water partition coefficient (Wildman–Crippen LogP) is 1.96. The van der Waals surface area contributed by atoms with E-state index in [1.54, 1.807) is 12.1 Å². The Kier molecular flexibility index (Phi) is 3.58. The number of amides is 2. The first kappa shape index (κ1) is 9.86. The molecule has 0 aromatic heterocycles. The lowest BCUT2D eigenvalue weighted by molar-refractivity contribution is 0.259. The van der Waals surface area contributed by atoms with Gasteiger partial charge in [-0.25, -0.2) is 4.79 Å². The molecule has 1 aromatic carbocycles. The number of rotatable bonds is 3. The van der Waals surface area contributed by atoms with Crippen LogP contribution in [0.25, 0.3) is 0 Å². The third-order valence-electron chi connectivity index (χ3n) is 1.60. The highest BCUT2D eigenvalue weighted by Gasteiger charge is 1.95. The van der Waals surface area contributed by atoms with Gasteiger partial charge >= 0.3 is 6.03 Å². The van der Waals surface area contributed by atoms with Gasteiger partial charge in [0.1, 0.15) is 0 Å². The van der Waals surface area contributed by atoms with Crippen molar-refractivity contribution in [1.82, 2.24) is 0 Å². The SMILES string of the molecule is NC(=O)Nc1ccc(CCCl)cc1. The monoisotopic (exact) mass is 198 g/mol. The number of nitrogens with two attached hydrogens (primary N) is 1. The van der Waals surface area contributed by atoms with Gasteiger partial charge in [0.2, 0.25) is 0 Å². The van der Waals surface area contributed by atoms with Gasteiger partial charge in [0, 0.05) is 11.6 Å². The average molecular weight is 199 g/mol. The second-order valence-corrected chi connectivity index (χ2v) is 3.00. The highest BCUT2D eigenvalue weighted by molar-refractivity contribution is 6.17. The number of urea groups is 1. The van der Waals surface area contributed by atoms with E-state index in [9.17, 15) is 4.79 Å². The number of alkyl halides is 1. The van der Waals surface area contributed by atoms with Crippen molar-refractivity contribution < 1.29 is 4.79 Å². The zero-order valence-electron chi connectivity index (χ0n) is 7.09. The lowest BCUT2D eigenvalue weighted by atomic mass is 10.1. The van der Waals surface area contributed by atoms with Crippen LogP contribution in [-0.2, 0) is 6.42 Å². The Labute approximate surface area is 81.9 Å². The van der Waals surface area contributed by atoms with Crippen molar-refractivity contribution in [2.45, 2.75) is 6.42 Å². The summed E-state index contributed by atoms with van der Waals surface area (Å²) in [5, 5.41) is 2.48. The van der Waals surface area contributed by atoms with Gasteiger partial charge in [-0.2, -0.15) is 0 Å². The lowest BCUT2D eigenvalue weighted by Gasteiger charge is -2.02. The molecule has 4 heteroatoms. The summed E-state index contributed by atoms with van der Waals surface area (Å²) in [5.74, 6) is 0.600. The summed E-state index contributed by atoms with van der Waals surface area (Å²) in [6.07, 6.45) is 0.832. The first-order chi connectivity index (χ1) is 6.22. The van der Waals surface area contributed by atoms with Gasteiger partial charge in [-0.05, 0) is 24.1 Å². The maximum absolute atomic E-state index is 10.5. The predicted molar refractivity (Wildman–Crippen MR) is 54.1 cm³/mol. The summed E-state index contributed by atoms with van der Waals surface area (Å²) in [6, 6.07) is 6.87. The third-order valence-corrected chi connectivity index (χ3v) is 1.79. The summed E-state index contributed by atoms with van der Waals surface area (Å²) in [6.45, 7) is 0. The molecule has 0 aliphatic heterocycles. The van der Waals surface area contributed by atoms with Gasteiger partial charge in [-0.1, -0.05) is 12.1 Å². The van der Waals surface area contributed by atoms with Gasteiger partial charge in [-0.15, -0.1) is 11.6 Å². The van der Waals surface area contributed by atoms with Crippen LogP contribution in [0.2, 0.25) is 0 Å². The number of anilines is 1. The molecule has 0 heterocycles. The zero-order chi connectivity index (χ0) is 9.68. The Morgan fingerprint density at radius 2 is 2.00 bits per heavy atom. The highest BCUT2D eigenvalue weighted by Crippen LogP contribution is 2.09. The van der Waals surface area contributed by atoms with Crippen molar-refractivity contribution in [2.75, 3.05) is 11.2 Å². The van der Waals surface area contributed by atoms with E-state index in [-0.39, 0.29) is 0 Å². The van der Waals surface area contributed by atoms with Crippen LogP contribution < -0.4 is 11.1 Å². The first-order valence-electron chi connectivity index (χ1n) is 3.93. The molecule has 0 saturated heterocycles. The molecule has 0 fully saturated rings. The van der Waals surface area contributed by atoms with Gasteiger partial charge in [0.05, 0.1) is 0 Å². The number of halogens is 1. The third kappa shape index (κ3) is 3.34. The Balaban J connectivity index is 2.64. The summed E-state index contributed by atoms with van der Waals surface area (Å²) < 4.78 is 0. The van der Waals surface area contributed by atoms with E-state index in [4.69, 9.17) is 17.3 Å². The molecule has 0 bridgehead atoms. The Morgan fingerprint density at radius 1 is 1.38 bits per heavy atom. The molecule has 2 amide bonds. The molecular weight excluding hydrogens is 188 g/mol.